The van der Waals surface area contributed by atoms with E-state index in [0.29, 0.717) is 24.4 Å². The summed E-state index contributed by atoms with van der Waals surface area (Å²) >= 11 is 0. The molecule has 0 radical (unpaired) electrons. The van der Waals surface area contributed by atoms with Crippen molar-refractivity contribution in [1.82, 2.24) is 29.3 Å². The van der Waals surface area contributed by atoms with Crippen molar-refractivity contribution in [2.45, 2.75) is 50.3 Å². The Kier molecular flexibility index (Phi) is 5.22. The molecule has 0 bridgehead atoms. The molecular weight excluding hydrogens is 408 g/mol. The molecule has 4 heterocycles. The molecule has 0 aromatic carbocycles. The minimum atomic E-state index is -2.79. The van der Waals surface area contributed by atoms with E-state index in [9.17, 15) is 13.2 Å². The molecule has 0 aliphatic carbocycles. The maximum absolute atomic E-state index is 12.2. The van der Waals surface area contributed by atoms with Crippen LogP contribution in [0.3, 0.4) is 0 Å². The van der Waals surface area contributed by atoms with Crippen LogP contribution in [-0.4, -0.2) is 62.5 Å². The van der Waals surface area contributed by atoms with Crippen LogP contribution in [0.4, 0.5) is 4.79 Å². The normalized spacial score (nSPS) is 15.8. The Morgan fingerprint density at radius 2 is 1.90 bits per heavy atom. The molecule has 0 unspecified atom stereocenters. The van der Waals surface area contributed by atoms with Crippen LogP contribution in [0.2, 0.25) is 0 Å². The molecule has 1 saturated heterocycles. The van der Waals surface area contributed by atoms with Gasteiger partial charge in [-0.3, -0.25) is 4.68 Å². The van der Waals surface area contributed by atoms with Gasteiger partial charge in [0.2, 0.25) is 0 Å². The maximum Gasteiger partial charge on any atom is 0.410 e. The molecule has 30 heavy (non-hydrogen) atoms. The van der Waals surface area contributed by atoms with Crippen molar-refractivity contribution >= 4 is 22.4 Å². The Labute approximate surface area is 175 Å². The lowest BCUT2D eigenvalue weighted by Crippen LogP contribution is -2.42. The quantitative estimate of drug-likeness (QED) is 0.631. The monoisotopic (exact) mass is 432 g/mol. The number of hydrogen-bond donors (Lipinski definition) is 1. The van der Waals surface area contributed by atoms with Gasteiger partial charge in [-0.05, 0) is 45.7 Å². The van der Waals surface area contributed by atoms with Crippen LogP contribution in [0.15, 0.2) is 35.7 Å². The fraction of sp³-hybridized carbons (Fsp3) is 0.474. The fourth-order valence-electron chi connectivity index (χ4n) is 3.45. The number of aromatic nitrogens is 5. The average molecular weight is 433 g/mol. The van der Waals surface area contributed by atoms with E-state index in [2.05, 4.69) is 15.2 Å². The highest BCUT2D eigenvalue weighted by Gasteiger charge is 2.28. The summed E-state index contributed by atoms with van der Waals surface area (Å²) in [6.07, 6.45) is 6.16. The first kappa shape index (κ1) is 20.3. The zero-order chi connectivity index (χ0) is 21.5. The van der Waals surface area contributed by atoms with Gasteiger partial charge in [0.15, 0.2) is 21.4 Å². The number of amides is 1. The topological polar surface area (TPSA) is 112 Å². The number of nitrogens with zero attached hydrogens (tertiary/aromatic N) is 6. The van der Waals surface area contributed by atoms with Crippen LogP contribution in [0.1, 0.15) is 39.7 Å². The van der Waals surface area contributed by atoms with Crippen LogP contribution in [-0.2, 0) is 15.4 Å². The average Bonchev–Trinajstić information content (AvgIpc) is 3.33. The number of hydrogen-bond acceptors (Lipinski definition) is 7. The van der Waals surface area contributed by atoms with E-state index in [0.717, 1.165) is 18.4 Å². The lowest BCUT2D eigenvalue weighted by Gasteiger charge is -2.33. The SMILES string of the molecule is CC(C)(C)OC(=O)N1CCC(n2cc(-c3ccc4ncc([SH](=O)=O)n4n3)cn2)CC1. The largest absolute Gasteiger partial charge is 0.444 e. The summed E-state index contributed by atoms with van der Waals surface area (Å²) in [6, 6.07) is 3.68. The third-order valence-electron chi connectivity index (χ3n) is 4.92. The van der Waals surface area contributed by atoms with Crippen LogP contribution in [0.5, 0.6) is 0 Å². The number of piperidine rings is 1. The Balaban J connectivity index is 1.47. The van der Waals surface area contributed by atoms with Crippen LogP contribution in [0, 0.1) is 0 Å². The Morgan fingerprint density at radius 3 is 2.57 bits per heavy atom. The minimum absolute atomic E-state index is 0.0451. The van der Waals surface area contributed by atoms with Gasteiger partial charge in [0.05, 0.1) is 24.1 Å². The highest BCUT2D eigenvalue weighted by Crippen LogP contribution is 2.26. The molecular formula is C19H24N6O4S. The smallest absolute Gasteiger partial charge is 0.410 e. The summed E-state index contributed by atoms with van der Waals surface area (Å²) in [6.45, 7) is 6.78. The molecule has 3 aromatic rings. The van der Waals surface area contributed by atoms with Crippen molar-refractivity contribution in [1.29, 1.82) is 0 Å². The number of carbonyl (C=O) groups excluding carboxylic acids is 1. The first-order valence-electron chi connectivity index (χ1n) is 9.73. The molecule has 1 aliphatic heterocycles. The molecule has 0 atom stereocenters. The van der Waals surface area contributed by atoms with Gasteiger partial charge in [-0.25, -0.2) is 22.7 Å². The number of carbonyl (C=O) groups is 1. The second-order valence-electron chi connectivity index (χ2n) is 8.27. The standard InChI is InChI=1S/C19H24N6O4S/c1-19(2,3)29-18(26)23-8-6-14(7-9-23)24-12-13(10-21-24)15-4-5-16-20-11-17(30(27)28)25(16)22-15/h4-5,10-12,14,30H,6-9H2,1-3H3. The summed E-state index contributed by atoms with van der Waals surface area (Å²) in [5, 5.41) is 8.92. The van der Waals surface area contributed by atoms with Crippen molar-refractivity contribution in [3.8, 4) is 11.3 Å². The van der Waals surface area contributed by atoms with E-state index in [1.165, 1.54) is 10.7 Å². The van der Waals surface area contributed by atoms with Crippen LogP contribution >= 0.6 is 0 Å². The Hall–Kier alpha value is -2.95. The Morgan fingerprint density at radius 1 is 1.17 bits per heavy atom. The molecule has 11 heteroatoms. The predicted molar refractivity (Wildman–Crippen MR) is 109 cm³/mol. The van der Waals surface area contributed by atoms with E-state index in [1.807, 2.05) is 31.6 Å². The van der Waals surface area contributed by atoms with Crippen molar-refractivity contribution in [2.24, 2.45) is 0 Å². The first-order chi connectivity index (χ1) is 14.2. The maximum atomic E-state index is 12.2. The molecule has 160 valence electrons. The van der Waals surface area contributed by atoms with E-state index in [1.54, 1.807) is 23.2 Å². The zero-order valence-corrected chi connectivity index (χ0v) is 18.0. The molecule has 1 aliphatic rings. The first-order valence-corrected chi connectivity index (χ1v) is 10.9. The van der Waals surface area contributed by atoms with Gasteiger partial charge in [-0.2, -0.15) is 10.2 Å². The van der Waals surface area contributed by atoms with Crippen molar-refractivity contribution in [3.63, 3.8) is 0 Å². The Bertz CT molecular complexity index is 1140. The summed E-state index contributed by atoms with van der Waals surface area (Å²) in [7, 11) is -2.79. The number of thiol groups is 1. The fourth-order valence-corrected chi connectivity index (χ4v) is 3.90. The van der Waals surface area contributed by atoms with Gasteiger partial charge in [0.1, 0.15) is 5.60 Å². The number of likely N-dealkylation sites (tertiary alicyclic amines) is 1. The third-order valence-corrected chi connectivity index (χ3v) is 5.60. The highest BCUT2D eigenvalue weighted by molar-refractivity contribution is 7.72. The molecule has 1 fully saturated rings. The van der Waals surface area contributed by atoms with Gasteiger partial charge in [-0.15, -0.1) is 0 Å². The molecule has 0 spiro atoms. The summed E-state index contributed by atoms with van der Waals surface area (Å²) in [5.41, 5.74) is 1.35. The highest BCUT2D eigenvalue weighted by atomic mass is 32.2. The van der Waals surface area contributed by atoms with Gasteiger partial charge >= 0.3 is 6.09 Å². The second-order valence-corrected chi connectivity index (χ2v) is 9.24. The lowest BCUT2D eigenvalue weighted by atomic mass is 10.1. The summed E-state index contributed by atoms with van der Waals surface area (Å²) < 4.78 is 31.4. The lowest BCUT2D eigenvalue weighted by molar-refractivity contribution is 0.0185. The van der Waals surface area contributed by atoms with Gasteiger partial charge in [0.25, 0.3) is 0 Å². The van der Waals surface area contributed by atoms with Gasteiger partial charge in [0, 0.05) is 24.8 Å². The minimum Gasteiger partial charge on any atom is -0.444 e. The van der Waals surface area contributed by atoms with Crippen molar-refractivity contribution in [3.05, 3.63) is 30.7 Å². The molecule has 1 amide bonds. The van der Waals surface area contributed by atoms with E-state index >= 15 is 0 Å². The second kappa shape index (κ2) is 7.71. The third kappa shape index (κ3) is 4.16. The summed E-state index contributed by atoms with van der Waals surface area (Å²) in [4.78, 5) is 18.0. The molecule has 4 rings (SSSR count). The molecule has 0 saturated carbocycles. The number of ether oxygens (including phenoxy) is 1. The van der Waals surface area contributed by atoms with Gasteiger partial charge < -0.3 is 9.64 Å². The number of imidazole rings is 1. The predicted octanol–water partition coefficient (Wildman–Crippen LogP) is 2.14. The summed E-state index contributed by atoms with van der Waals surface area (Å²) in [5.74, 6) is 0. The van der Waals surface area contributed by atoms with E-state index in [-0.39, 0.29) is 17.2 Å². The van der Waals surface area contributed by atoms with Crippen molar-refractivity contribution in [2.75, 3.05) is 13.1 Å². The number of fused-ring (bicyclic) bond motifs is 1. The van der Waals surface area contributed by atoms with Crippen molar-refractivity contribution < 1.29 is 17.9 Å². The van der Waals surface area contributed by atoms with Gasteiger partial charge in [-0.1, -0.05) is 0 Å². The zero-order valence-electron chi connectivity index (χ0n) is 17.1. The molecule has 10 nitrogen and oxygen atoms in total. The molecule has 0 N–H and O–H groups in total. The number of rotatable bonds is 3. The van der Waals surface area contributed by atoms with Crippen LogP contribution in [0.25, 0.3) is 16.9 Å². The molecule has 3 aromatic heterocycles. The van der Waals surface area contributed by atoms with Crippen LogP contribution < -0.4 is 0 Å². The van der Waals surface area contributed by atoms with E-state index < -0.39 is 16.3 Å². The van der Waals surface area contributed by atoms with E-state index in [4.69, 9.17) is 4.74 Å².